The van der Waals surface area contributed by atoms with Gasteiger partial charge in [-0.2, -0.15) is 0 Å². The standard InChI is InChI=1S/C15H15NO/c1-2-3-4-8-13-16-15(17)12-11-14-9-6-5-7-10-14/h1,5-7,9-10H,3-4,8,13H2,(H,16,17). The largest absolute Gasteiger partial charge is 0.345 e. The summed E-state index contributed by atoms with van der Waals surface area (Å²) in [5.74, 6) is 7.67. The van der Waals surface area contributed by atoms with Crippen LogP contribution in [0.4, 0.5) is 0 Å². The third-order valence-corrected chi connectivity index (χ3v) is 2.13. The Hall–Kier alpha value is -2.19. The summed E-state index contributed by atoms with van der Waals surface area (Å²) >= 11 is 0. The van der Waals surface area contributed by atoms with Crippen molar-refractivity contribution < 1.29 is 4.79 Å². The van der Waals surface area contributed by atoms with Gasteiger partial charge >= 0.3 is 0 Å². The molecule has 0 aliphatic rings. The van der Waals surface area contributed by atoms with E-state index in [0.29, 0.717) is 6.54 Å². The molecular weight excluding hydrogens is 210 g/mol. The van der Waals surface area contributed by atoms with E-state index in [9.17, 15) is 4.79 Å². The summed E-state index contributed by atoms with van der Waals surface area (Å²) < 4.78 is 0. The molecule has 2 nitrogen and oxygen atoms in total. The van der Waals surface area contributed by atoms with E-state index in [1.165, 1.54) is 0 Å². The molecule has 0 radical (unpaired) electrons. The first-order chi connectivity index (χ1) is 8.33. The molecule has 0 unspecified atom stereocenters. The minimum Gasteiger partial charge on any atom is -0.345 e. The molecular formula is C15H15NO. The van der Waals surface area contributed by atoms with Crippen molar-refractivity contribution in [3.63, 3.8) is 0 Å². The number of benzene rings is 1. The van der Waals surface area contributed by atoms with Crippen LogP contribution >= 0.6 is 0 Å². The van der Waals surface area contributed by atoms with E-state index in [2.05, 4.69) is 23.1 Å². The van der Waals surface area contributed by atoms with Gasteiger partial charge in [0.15, 0.2) is 0 Å². The predicted octanol–water partition coefficient (Wildman–Crippen LogP) is 1.96. The highest BCUT2D eigenvalue weighted by molar-refractivity contribution is 5.94. The molecule has 1 amide bonds. The number of amides is 1. The van der Waals surface area contributed by atoms with Crippen molar-refractivity contribution in [2.24, 2.45) is 0 Å². The number of rotatable bonds is 4. The first-order valence-corrected chi connectivity index (χ1v) is 5.61. The van der Waals surface area contributed by atoms with E-state index in [1.807, 2.05) is 30.3 Å². The summed E-state index contributed by atoms with van der Waals surface area (Å²) in [4.78, 5) is 11.3. The van der Waals surface area contributed by atoms with E-state index in [1.54, 1.807) is 0 Å². The van der Waals surface area contributed by atoms with Gasteiger partial charge in [-0.3, -0.25) is 4.79 Å². The lowest BCUT2D eigenvalue weighted by Crippen LogP contribution is -2.22. The van der Waals surface area contributed by atoms with Gasteiger partial charge in [0, 0.05) is 24.4 Å². The van der Waals surface area contributed by atoms with Crippen molar-refractivity contribution in [3.8, 4) is 24.2 Å². The summed E-state index contributed by atoms with van der Waals surface area (Å²) in [5, 5.41) is 2.73. The predicted molar refractivity (Wildman–Crippen MR) is 69.0 cm³/mol. The molecule has 0 aliphatic carbocycles. The molecule has 1 rings (SSSR count). The molecule has 0 atom stereocenters. The Balaban J connectivity index is 2.26. The Morgan fingerprint density at radius 1 is 1.24 bits per heavy atom. The number of nitrogens with one attached hydrogen (secondary N) is 1. The van der Waals surface area contributed by atoms with Crippen LogP contribution in [0.2, 0.25) is 0 Å². The highest BCUT2D eigenvalue weighted by Gasteiger charge is 1.93. The van der Waals surface area contributed by atoms with Gasteiger partial charge in [0.1, 0.15) is 0 Å². The van der Waals surface area contributed by atoms with Crippen LogP contribution in [0, 0.1) is 24.2 Å². The number of carbonyl (C=O) groups is 1. The lowest BCUT2D eigenvalue weighted by atomic mass is 10.2. The average molecular weight is 225 g/mol. The van der Waals surface area contributed by atoms with Crippen molar-refractivity contribution >= 4 is 5.91 Å². The second kappa shape index (κ2) is 8.02. The summed E-state index contributed by atoms with van der Waals surface area (Å²) in [6, 6.07) is 9.43. The molecule has 86 valence electrons. The van der Waals surface area contributed by atoms with Crippen molar-refractivity contribution in [1.29, 1.82) is 0 Å². The van der Waals surface area contributed by atoms with E-state index >= 15 is 0 Å². The lowest BCUT2D eigenvalue weighted by Gasteiger charge is -1.98. The quantitative estimate of drug-likeness (QED) is 0.616. The zero-order valence-electron chi connectivity index (χ0n) is 9.70. The zero-order chi connectivity index (χ0) is 12.3. The van der Waals surface area contributed by atoms with Crippen LogP contribution in [0.5, 0.6) is 0 Å². The molecule has 0 aliphatic heterocycles. The molecule has 0 spiro atoms. The molecule has 0 heterocycles. The third kappa shape index (κ3) is 6.07. The molecule has 0 saturated carbocycles. The minimum atomic E-state index is -0.241. The SMILES string of the molecule is C#CCCCCNC(=O)C#Cc1ccccc1. The van der Waals surface area contributed by atoms with Crippen LogP contribution in [0.25, 0.3) is 0 Å². The van der Waals surface area contributed by atoms with E-state index < -0.39 is 0 Å². The van der Waals surface area contributed by atoms with Crippen LogP contribution in [0.15, 0.2) is 30.3 Å². The lowest BCUT2D eigenvalue weighted by molar-refractivity contribution is -0.115. The first kappa shape index (κ1) is 12.9. The van der Waals surface area contributed by atoms with Crippen LogP contribution in [-0.2, 0) is 4.79 Å². The molecule has 1 N–H and O–H groups in total. The molecule has 0 bridgehead atoms. The fourth-order valence-corrected chi connectivity index (χ4v) is 1.25. The molecule has 0 fully saturated rings. The van der Waals surface area contributed by atoms with Crippen LogP contribution in [-0.4, -0.2) is 12.5 Å². The average Bonchev–Trinajstić information content (AvgIpc) is 2.37. The first-order valence-electron chi connectivity index (χ1n) is 5.61. The molecule has 0 saturated heterocycles. The van der Waals surface area contributed by atoms with Gasteiger partial charge in [-0.25, -0.2) is 0 Å². The molecule has 0 aromatic heterocycles. The normalized spacial score (nSPS) is 8.65. The Morgan fingerprint density at radius 2 is 2.00 bits per heavy atom. The number of hydrogen-bond donors (Lipinski definition) is 1. The molecule has 2 heteroatoms. The van der Waals surface area contributed by atoms with Crippen molar-refractivity contribution in [2.75, 3.05) is 6.54 Å². The van der Waals surface area contributed by atoms with Gasteiger partial charge in [-0.05, 0) is 25.0 Å². The number of unbranched alkanes of at least 4 members (excludes halogenated alkanes) is 2. The Bertz CT molecular complexity index is 445. The molecule has 17 heavy (non-hydrogen) atoms. The summed E-state index contributed by atoms with van der Waals surface area (Å²) in [6.07, 6.45) is 7.70. The smallest absolute Gasteiger partial charge is 0.296 e. The van der Waals surface area contributed by atoms with Gasteiger partial charge in [0.2, 0.25) is 0 Å². The van der Waals surface area contributed by atoms with E-state index in [0.717, 1.165) is 24.8 Å². The van der Waals surface area contributed by atoms with Crippen molar-refractivity contribution in [2.45, 2.75) is 19.3 Å². The maximum absolute atomic E-state index is 11.3. The Morgan fingerprint density at radius 3 is 2.71 bits per heavy atom. The highest BCUT2D eigenvalue weighted by Crippen LogP contribution is 1.94. The van der Waals surface area contributed by atoms with Crippen LogP contribution in [0.3, 0.4) is 0 Å². The van der Waals surface area contributed by atoms with Crippen LogP contribution in [0.1, 0.15) is 24.8 Å². The van der Waals surface area contributed by atoms with E-state index in [4.69, 9.17) is 6.42 Å². The summed E-state index contributed by atoms with van der Waals surface area (Å²) in [7, 11) is 0. The van der Waals surface area contributed by atoms with Crippen molar-refractivity contribution in [3.05, 3.63) is 35.9 Å². The minimum absolute atomic E-state index is 0.241. The monoisotopic (exact) mass is 225 g/mol. The van der Waals surface area contributed by atoms with Gasteiger partial charge in [0.05, 0.1) is 0 Å². The summed E-state index contributed by atoms with van der Waals surface area (Å²) in [6.45, 7) is 0.629. The number of terminal acetylenes is 1. The van der Waals surface area contributed by atoms with Crippen LogP contribution < -0.4 is 5.32 Å². The van der Waals surface area contributed by atoms with Crippen molar-refractivity contribution in [1.82, 2.24) is 5.32 Å². The second-order valence-corrected chi connectivity index (χ2v) is 3.53. The maximum atomic E-state index is 11.3. The highest BCUT2D eigenvalue weighted by atomic mass is 16.1. The fraction of sp³-hybridized carbons (Fsp3) is 0.267. The zero-order valence-corrected chi connectivity index (χ0v) is 9.70. The topological polar surface area (TPSA) is 29.1 Å². The Labute approximate surface area is 102 Å². The number of carbonyl (C=O) groups excluding carboxylic acids is 1. The Kier molecular flexibility index (Phi) is 6.07. The summed E-state index contributed by atoms with van der Waals surface area (Å²) in [5.41, 5.74) is 0.843. The molecule has 1 aromatic carbocycles. The maximum Gasteiger partial charge on any atom is 0.296 e. The third-order valence-electron chi connectivity index (χ3n) is 2.13. The van der Waals surface area contributed by atoms with Gasteiger partial charge < -0.3 is 5.32 Å². The van der Waals surface area contributed by atoms with E-state index in [-0.39, 0.29) is 5.91 Å². The molecule has 1 aromatic rings. The second-order valence-electron chi connectivity index (χ2n) is 3.53. The van der Waals surface area contributed by atoms with Gasteiger partial charge in [0.25, 0.3) is 5.91 Å². The van der Waals surface area contributed by atoms with Gasteiger partial charge in [-0.15, -0.1) is 12.3 Å². The van der Waals surface area contributed by atoms with Gasteiger partial charge in [-0.1, -0.05) is 24.1 Å². The fourth-order valence-electron chi connectivity index (χ4n) is 1.25. The number of hydrogen-bond acceptors (Lipinski definition) is 1.